The van der Waals surface area contributed by atoms with Crippen molar-refractivity contribution < 1.29 is 32.2 Å². The third-order valence-corrected chi connectivity index (χ3v) is 0.700. The summed E-state index contributed by atoms with van der Waals surface area (Å²) in [5, 5.41) is 0. The van der Waals surface area contributed by atoms with Gasteiger partial charge < -0.3 is 9.47 Å². The Labute approximate surface area is 65.2 Å². The summed E-state index contributed by atoms with van der Waals surface area (Å²) in [7, 11) is 1.08. The Morgan fingerprint density at radius 3 is 2.17 bits per heavy atom. The van der Waals surface area contributed by atoms with Gasteiger partial charge in [-0.15, -0.1) is 0 Å². The van der Waals surface area contributed by atoms with E-state index in [1.54, 1.807) is 0 Å². The molecule has 0 rings (SSSR count). The van der Waals surface area contributed by atoms with E-state index in [9.17, 15) is 22.8 Å². The van der Waals surface area contributed by atoms with Crippen LogP contribution in [0, 0.1) is 0 Å². The number of carbonyl (C=O) groups excluding carboxylic acids is 2. The zero-order chi connectivity index (χ0) is 9.78. The Bertz CT molecular complexity index is 186. The molecule has 0 spiro atoms. The van der Waals surface area contributed by atoms with E-state index >= 15 is 0 Å². The van der Waals surface area contributed by atoms with Gasteiger partial charge in [0.25, 0.3) is 0 Å². The lowest BCUT2D eigenvalue weighted by Crippen LogP contribution is -2.29. The number of carbonyl (C=O) groups is 2. The van der Waals surface area contributed by atoms with Crippen LogP contribution in [-0.4, -0.2) is 31.8 Å². The molecule has 0 aliphatic rings. The number of hydrogen-bond donors (Lipinski definition) is 0. The van der Waals surface area contributed by atoms with Gasteiger partial charge in [-0.1, -0.05) is 0 Å². The normalized spacial score (nSPS) is 11.0. The topological polar surface area (TPSA) is 52.6 Å². The maximum absolute atomic E-state index is 11.4. The summed E-state index contributed by atoms with van der Waals surface area (Å²) in [4.78, 5) is 20.2. The van der Waals surface area contributed by atoms with E-state index in [0.717, 1.165) is 7.11 Å². The van der Waals surface area contributed by atoms with Crippen molar-refractivity contribution in [1.82, 2.24) is 0 Å². The first-order valence-corrected chi connectivity index (χ1v) is 2.68. The van der Waals surface area contributed by atoms with Crippen LogP contribution in [0.4, 0.5) is 13.2 Å². The van der Waals surface area contributed by atoms with Crippen molar-refractivity contribution >= 4 is 11.9 Å². The fourth-order valence-corrected chi connectivity index (χ4v) is 0.309. The van der Waals surface area contributed by atoms with Crippen molar-refractivity contribution in [2.45, 2.75) is 6.18 Å². The Kier molecular flexibility index (Phi) is 3.68. The third-order valence-electron chi connectivity index (χ3n) is 0.700. The molecule has 0 aromatic rings. The van der Waals surface area contributed by atoms with Gasteiger partial charge in [0.05, 0.1) is 0 Å². The molecule has 4 nitrogen and oxygen atoms in total. The predicted octanol–water partition coefficient (Wildman–Crippen LogP) is 0.265. The van der Waals surface area contributed by atoms with Gasteiger partial charge in [-0.2, -0.15) is 13.2 Å². The van der Waals surface area contributed by atoms with E-state index in [0.29, 0.717) is 0 Å². The Balaban J connectivity index is 3.94. The third kappa shape index (κ3) is 3.91. The maximum Gasteiger partial charge on any atom is 0.491 e. The Morgan fingerprint density at radius 2 is 1.83 bits per heavy atom. The van der Waals surface area contributed by atoms with Gasteiger partial charge in [-0.05, 0) is 0 Å². The van der Waals surface area contributed by atoms with E-state index in [-0.39, 0.29) is 0 Å². The van der Waals surface area contributed by atoms with Crippen molar-refractivity contribution in [2.24, 2.45) is 0 Å². The zero-order valence-corrected chi connectivity index (χ0v) is 5.97. The van der Waals surface area contributed by atoms with Crippen LogP contribution >= 0.6 is 0 Å². The van der Waals surface area contributed by atoms with Gasteiger partial charge in [0.1, 0.15) is 6.61 Å². The quantitative estimate of drug-likeness (QED) is 0.458. The number of methoxy groups -OCH3 is 1. The first kappa shape index (κ1) is 10.9. The molecule has 0 aliphatic heterocycles. The second-order valence-electron chi connectivity index (χ2n) is 1.69. The molecule has 0 N–H and O–H groups in total. The summed E-state index contributed by atoms with van der Waals surface area (Å²) >= 11 is 0. The van der Waals surface area contributed by atoms with Crippen LogP contribution < -0.4 is 0 Å². The van der Waals surface area contributed by atoms with Gasteiger partial charge in [0.15, 0.2) is 0 Å². The molecule has 0 heterocycles. The second-order valence-corrected chi connectivity index (χ2v) is 1.69. The highest BCUT2D eigenvalue weighted by atomic mass is 19.4. The molecule has 70 valence electrons. The van der Waals surface area contributed by atoms with Crippen LogP contribution in [0.2, 0.25) is 0 Å². The van der Waals surface area contributed by atoms with Crippen LogP contribution in [0.1, 0.15) is 0 Å². The lowest BCUT2D eigenvalue weighted by Gasteiger charge is -2.04. The molecular formula is C5H5F3O4. The highest BCUT2D eigenvalue weighted by Gasteiger charge is 2.42. The standard InChI is InChI=1S/C5H5F3O4/c1-11-2-3(9)12-4(10)5(6,7)8/h2H2,1H3. The van der Waals surface area contributed by atoms with Crippen LogP contribution in [0.5, 0.6) is 0 Å². The minimum Gasteiger partial charge on any atom is -0.385 e. The van der Waals surface area contributed by atoms with Crippen molar-refractivity contribution in [1.29, 1.82) is 0 Å². The van der Waals surface area contributed by atoms with Gasteiger partial charge >= 0.3 is 18.1 Å². The number of hydrogen-bond acceptors (Lipinski definition) is 4. The first-order chi connectivity index (χ1) is 5.38. The average molecular weight is 186 g/mol. The fraction of sp³-hybridized carbons (Fsp3) is 0.600. The molecule has 0 atom stereocenters. The molecule has 0 aromatic carbocycles. The first-order valence-electron chi connectivity index (χ1n) is 2.68. The lowest BCUT2D eigenvalue weighted by atomic mass is 10.6. The summed E-state index contributed by atoms with van der Waals surface area (Å²) in [5.74, 6) is -3.91. The summed E-state index contributed by atoms with van der Waals surface area (Å²) in [5.41, 5.74) is 0. The molecule has 0 saturated heterocycles. The summed E-state index contributed by atoms with van der Waals surface area (Å²) in [6.07, 6.45) is -5.15. The minimum atomic E-state index is -5.15. The summed E-state index contributed by atoms with van der Waals surface area (Å²) < 4.78 is 41.6. The van der Waals surface area contributed by atoms with Crippen LogP contribution in [0.25, 0.3) is 0 Å². The Hall–Kier alpha value is -1.11. The average Bonchev–Trinajstić information content (AvgIpc) is 1.85. The lowest BCUT2D eigenvalue weighted by molar-refractivity contribution is -0.202. The number of esters is 2. The van der Waals surface area contributed by atoms with Crippen molar-refractivity contribution in [3.8, 4) is 0 Å². The van der Waals surface area contributed by atoms with Gasteiger partial charge in [0, 0.05) is 7.11 Å². The number of rotatable bonds is 2. The van der Waals surface area contributed by atoms with E-state index in [1.807, 2.05) is 0 Å². The van der Waals surface area contributed by atoms with Crippen molar-refractivity contribution in [2.75, 3.05) is 13.7 Å². The number of ether oxygens (including phenoxy) is 2. The predicted molar refractivity (Wildman–Crippen MR) is 29.0 cm³/mol. The molecule has 7 heteroatoms. The van der Waals surface area contributed by atoms with Crippen molar-refractivity contribution in [3.05, 3.63) is 0 Å². The molecule has 0 bridgehead atoms. The van der Waals surface area contributed by atoms with E-state index < -0.39 is 24.7 Å². The monoisotopic (exact) mass is 186 g/mol. The zero-order valence-electron chi connectivity index (χ0n) is 5.97. The SMILES string of the molecule is COCC(=O)OC(=O)C(F)(F)F. The van der Waals surface area contributed by atoms with Gasteiger partial charge in [-0.25, -0.2) is 9.59 Å². The summed E-state index contributed by atoms with van der Waals surface area (Å²) in [6, 6.07) is 0. The van der Waals surface area contributed by atoms with Crippen LogP contribution in [0.15, 0.2) is 0 Å². The molecule has 0 radical (unpaired) electrons. The summed E-state index contributed by atoms with van der Waals surface area (Å²) in [6.45, 7) is -0.693. The minimum absolute atomic E-state index is 0.693. The molecule has 12 heavy (non-hydrogen) atoms. The van der Waals surface area contributed by atoms with Crippen molar-refractivity contribution in [3.63, 3.8) is 0 Å². The van der Waals surface area contributed by atoms with Gasteiger partial charge in [-0.3, -0.25) is 0 Å². The van der Waals surface area contributed by atoms with Crippen LogP contribution in [0.3, 0.4) is 0 Å². The van der Waals surface area contributed by atoms with E-state index in [4.69, 9.17) is 0 Å². The molecule has 0 aromatic heterocycles. The number of halogens is 3. The molecule has 0 amide bonds. The molecule has 0 unspecified atom stereocenters. The molecule has 0 saturated carbocycles. The fourth-order valence-electron chi connectivity index (χ4n) is 0.309. The van der Waals surface area contributed by atoms with Gasteiger partial charge in [0.2, 0.25) is 0 Å². The smallest absolute Gasteiger partial charge is 0.385 e. The largest absolute Gasteiger partial charge is 0.491 e. The molecule has 0 fully saturated rings. The molecular weight excluding hydrogens is 181 g/mol. The molecule has 0 aliphatic carbocycles. The second kappa shape index (κ2) is 4.05. The number of alkyl halides is 3. The van der Waals surface area contributed by atoms with Crippen LogP contribution in [-0.2, 0) is 19.1 Å². The Morgan fingerprint density at radius 1 is 1.33 bits per heavy atom. The van der Waals surface area contributed by atoms with E-state index in [1.165, 1.54) is 0 Å². The highest BCUT2D eigenvalue weighted by molar-refractivity contribution is 5.88. The van der Waals surface area contributed by atoms with E-state index in [2.05, 4.69) is 9.47 Å². The maximum atomic E-state index is 11.4. The highest BCUT2D eigenvalue weighted by Crippen LogP contribution is 2.16.